The monoisotopic (exact) mass is 403 g/mol. The van der Waals surface area contributed by atoms with Crippen LogP contribution in [0.1, 0.15) is 17.7 Å². The van der Waals surface area contributed by atoms with E-state index in [-0.39, 0.29) is 6.10 Å². The van der Waals surface area contributed by atoms with E-state index in [1.54, 1.807) is 6.20 Å². The molecular formula is C21H21N7O2. The van der Waals surface area contributed by atoms with Crippen molar-refractivity contribution < 1.29 is 9.26 Å². The molecule has 1 fully saturated rings. The van der Waals surface area contributed by atoms with E-state index in [2.05, 4.69) is 36.0 Å². The lowest BCUT2D eigenvalue weighted by molar-refractivity contribution is -0.0267. The molecule has 3 aromatic rings. The number of aromatic nitrogens is 4. The molecule has 0 radical (unpaired) electrons. The average Bonchev–Trinajstić information content (AvgIpc) is 3.31. The highest BCUT2D eigenvalue weighted by Gasteiger charge is 2.31. The quantitative estimate of drug-likeness (QED) is 0.657. The van der Waals surface area contributed by atoms with E-state index >= 15 is 0 Å². The van der Waals surface area contributed by atoms with Gasteiger partial charge in [0.15, 0.2) is 6.10 Å². The van der Waals surface area contributed by atoms with Gasteiger partial charge in [-0.3, -0.25) is 0 Å². The number of benzene rings is 1. The fourth-order valence-corrected chi connectivity index (χ4v) is 3.51. The number of guanidine groups is 1. The smallest absolute Gasteiger partial charge is 0.257 e. The zero-order valence-electron chi connectivity index (χ0n) is 16.5. The Bertz CT molecular complexity index is 1070. The number of rotatable bonds is 3. The predicted octanol–water partition coefficient (Wildman–Crippen LogP) is 2.24. The highest BCUT2D eigenvalue weighted by molar-refractivity contribution is 5.88. The van der Waals surface area contributed by atoms with Gasteiger partial charge >= 0.3 is 0 Å². The van der Waals surface area contributed by atoms with E-state index in [0.717, 1.165) is 36.0 Å². The number of nitrogens with zero attached hydrogens (tertiary/aromatic N) is 7. The summed E-state index contributed by atoms with van der Waals surface area (Å²) in [5.41, 5.74) is 2.57. The molecule has 1 saturated heterocycles. The second kappa shape index (κ2) is 8.03. The zero-order valence-corrected chi connectivity index (χ0v) is 16.5. The SMILES string of the molecule is CN1CC=C(c2ccncn2)N=C1N1CCOC(c2nc(-c3ccccc3)no2)C1. The van der Waals surface area contributed by atoms with Gasteiger partial charge in [0.1, 0.15) is 6.33 Å². The average molecular weight is 403 g/mol. The van der Waals surface area contributed by atoms with Gasteiger partial charge in [0.2, 0.25) is 11.8 Å². The summed E-state index contributed by atoms with van der Waals surface area (Å²) >= 11 is 0. The Hall–Kier alpha value is -3.59. The van der Waals surface area contributed by atoms with Crippen LogP contribution in [-0.2, 0) is 4.74 Å². The van der Waals surface area contributed by atoms with E-state index < -0.39 is 0 Å². The molecule has 5 rings (SSSR count). The van der Waals surface area contributed by atoms with Crippen LogP contribution in [0.25, 0.3) is 17.1 Å². The van der Waals surface area contributed by atoms with Gasteiger partial charge in [0.05, 0.1) is 24.5 Å². The number of hydrogen-bond donors (Lipinski definition) is 0. The largest absolute Gasteiger partial charge is 0.365 e. The Labute approximate surface area is 173 Å². The summed E-state index contributed by atoms with van der Waals surface area (Å²) in [6, 6.07) is 11.6. The van der Waals surface area contributed by atoms with Gasteiger partial charge in [0, 0.05) is 31.9 Å². The molecule has 2 aliphatic heterocycles. The van der Waals surface area contributed by atoms with E-state index in [4.69, 9.17) is 14.3 Å². The van der Waals surface area contributed by atoms with Gasteiger partial charge in [-0.25, -0.2) is 15.0 Å². The third-order valence-electron chi connectivity index (χ3n) is 5.06. The lowest BCUT2D eigenvalue weighted by atomic mass is 10.2. The Balaban J connectivity index is 1.36. The van der Waals surface area contributed by atoms with Crippen LogP contribution in [0.3, 0.4) is 0 Å². The van der Waals surface area contributed by atoms with E-state index in [9.17, 15) is 0 Å². The van der Waals surface area contributed by atoms with Crippen LogP contribution in [0, 0.1) is 0 Å². The van der Waals surface area contributed by atoms with Gasteiger partial charge in [0.25, 0.3) is 5.89 Å². The summed E-state index contributed by atoms with van der Waals surface area (Å²) in [6.07, 6.45) is 5.01. The maximum atomic E-state index is 5.93. The van der Waals surface area contributed by atoms with Crippen molar-refractivity contribution in [2.24, 2.45) is 4.99 Å². The summed E-state index contributed by atoms with van der Waals surface area (Å²) in [4.78, 5) is 22.0. The maximum Gasteiger partial charge on any atom is 0.257 e. The lowest BCUT2D eigenvalue weighted by Gasteiger charge is -2.38. The van der Waals surface area contributed by atoms with Crippen molar-refractivity contribution in [2.45, 2.75) is 6.10 Å². The fourth-order valence-electron chi connectivity index (χ4n) is 3.51. The van der Waals surface area contributed by atoms with E-state index in [1.807, 2.05) is 43.4 Å². The van der Waals surface area contributed by atoms with E-state index in [0.29, 0.717) is 24.9 Å². The van der Waals surface area contributed by atoms with Gasteiger partial charge in [-0.05, 0) is 12.1 Å². The summed E-state index contributed by atoms with van der Waals surface area (Å²) in [6.45, 7) is 2.61. The Morgan fingerprint density at radius 2 is 2.03 bits per heavy atom. The molecule has 0 bridgehead atoms. The van der Waals surface area contributed by atoms with Crippen molar-refractivity contribution in [3.05, 3.63) is 66.6 Å². The molecule has 30 heavy (non-hydrogen) atoms. The van der Waals surface area contributed by atoms with Crippen molar-refractivity contribution >= 4 is 11.7 Å². The molecule has 1 atom stereocenters. The van der Waals surface area contributed by atoms with Crippen LogP contribution < -0.4 is 0 Å². The first-order valence-electron chi connectivity index (χ1n) is 9.80. The number of hydrogen-bond acceptors (Lipinski definition) is 9. The second-order valence-electron chi connectivity index (χ2n) is 7.10. The molecule has 0 saturated carbocycles. The number of morpholine rings is 1. The Morgan fingerprint density at radius 3 is 2.87 bits per heavy atom. The van der Waals surface area contributed by atoms with Crippen molar-refractivity contribution in [2.75, 3.05) is 33.3 Å². The fraction of sp³-hybridized carbons (Fsp3) is 0.286. The molecule has 4 heterocycles. The van der Waals surface area contributed by atoms with Gasteiger partial charge in [-0.15, -0.1) is 0 Å². The van der Waals surface area contributed by atoms with Crippen LogP contribution >= 0.6 is 0 Å². The van der Waals surface area contributed by atoms with E-state index in [1.165, 1.54) is 6.33 Å². The number of aliphatic imine (C=N–C) groups is 1. The van der Waals surface area contributed by atoms with Gasteiger partial charge in [-0.1, -0.05) is 35.5 Å². The van der Waals surface area contributed by atoms with Crippen molar-refractivity contribution in [1.29, 1.82) is 0 Å². The lowest BCUT2D eigenvalue weighted by Crippen LogP contribution is -2.49. The minimum Gasteiger partial charge on any atom is -0.365 e. The molecular weight excluding hydrogens is 382 g/mol. The first-order chi connectivity index (χ1) is 14.8. The van der Waals surface area contributed by atoms with Crippen molar-refractivity contribution in [1.82, 2.24) is 29.9 Å². The zero-order chi connectivity index (χ0) is 20.3. The van der Waals surface area contributed by atoms with Crippen molar-refractivity contribution in [3.63, 3.8) is 0 Å². The highest BCUT2D eigenvalue weighted by Crippen LogP contribution is 2.26. The topological polar surface area (TPSA) is 92.8 Å². The van der Waals surface area contributed by atoms with Crippen LogP contribution in [0.2, 0.25) is 0 Å². The minimum atomic E-state index is -0.312. The predicted molar refractivity (Wildman–Crippen MR) is 110 cm³/mol. The molecule has 9 heteroatoms. The summed E-state index contributed by atoms with van der Waals surface area (Å²) in [5, 5.41) is 4.12. The minimum absolute atomic E-state index is 0.312. The van der Waals surface area contributed by atoms with Gasteiger partial charge in [-0.2, -0.15) is 4.98 Å². The number of likely N-dealkylation sites (N-methyl/N-ethyl adjacent to an activating group) is 1. The number of ether oxygens (including phenoxy) is 1. The van der Waals surface area contributed by atoms with Crippen LogP contribution in [0.15, 0.2) is 64.5 Å². The Morgan fingerprint density at radius 1 is 1.13 bits per heavy atom. The van der Waals surface area contributed by atoms with Crippen LogP contribution in [-0.4, -0.2) is 69.2 Å². The maximum absolute atomic E-state index is 5.93. The van der Waals surface area contributed by atoms with Crippen LogP contribution in [0.5, 0.6) is 0 Å². The summed E-state index contributed by atoms with van der Waals surface area (Å²) in [5.74, 6) is 1.92. The summed E-state index contributed by atoms with van der Waals surface area (Å²) in [7, 11) is 2.02. The summed E-state index contributed by atoms with van der Waals surface area (Å²) < 4.78 is 11.5. The van der Waals surface area contributed by atoms with Crippen LogP contribution in [0.4, 0.5) is 0 Å². The molecule has 2 aliphatic rings. The van der Waals surface area contributed by atoms with Gasteiger partial charge < -0.3 is 19.1 Å². The normalized spacial score (nSPS) is 19.4. The third-order valence-corrected chi connectivity index (χ3v) is 5.06. The molecule has 0 aliphatic carbocycles. The molecule has 0 N–H and O–H groups in total. The standard InChI is InChI=1S/C21H21N7O2/c1-27-10-8-17(16-7-9-22-14-23-16)24-21(27)28-11-12-29-18(13-28)20-25-19(26-30-20)15-5-3-2-4-6-15/h2-9,14,18H,10-13H2,1H3. The Kier molecular flexibility index (Phi) is 4.94. The third kappa shape index (κ3) is 3.67. The highest BCUT2D eigenvalue weighted by atomic mass is 16.5. The molecule has 2 aromatic heterocycles. The molecule has 1 aromatic carbocycles. The molecule has 152 valence electrons. The molecule has 9 nitrogen and oxygen atoms in total. The first kappa shape index (κ1) is 18.4. The molecule has 1 unspecified atom stereocenters. The molecule has 0 amide bonds. The van der Waals surface area contributed by atoms with Crippen molar-refractivity contribution in [3.8, 4) is 11.4 Å². The second-order valence-corrected chi connectivity index (χ2v) is 7.10. The first-order valence-corrected chi connectivity index (χ1v) is 9.80. The molecule has 0 spiro atoms.